The highest BCUT2D eigenvalue weighted by Gasteiger charge is 2.43. The van der Waals surface area contributed by atoms with Gasteiger partial charge in [0, 0.05) is 14.1 Å². The number of carbonyl (C=O) groups is 3. The van der Waals surface area contributed by atoms with Gasteiger partial charge >= 0.3 is 6.03 Å². The molecule has 1 aromatic carbocycles. The number of thioether (sulfide) groups is 1. The second-order valence-electron chi connectivity index (χ2n) is 5.82. The van der Waals surface area contributed by atoms with Crippen molar-refractivity contribution in [3.63, 3.8) is 0 Å². The molecule has 0 bridgehead atoms. The van der Waals surface area contributed by atoms with Gasteiger partial charge in [0.2, 0.25) is 0 Å². The summed E-state index contributed by atoms with van der Waals surface area (Å²) in [5.74, 6) is -1.26. The van der Waals surface area contributed by atoms with Crippen molar-refractivity contribution < 1.29 is 14.4 Å². The van der Waals surface area contributed by atoms with E-state index in [0.29, 0.717) is 10.1 Å². The van der Waals surface area contributed by atoms with E-state index in [1.165, 1.54) is 37.2 Å². The Balaban J connectivity index is 1.87. The van der Waals surface area contributed by atoms with Crippen molar-refractivity contribution in [2.24, 2.45) is 5.10 Å². The summed E-state index contributed by atoms with van der Waals surface area (Å²) in [4.78, 5) is 40.4. The second kappa shape index (κ2) is 6.67. The molecule has 9 heteroatoms. The largest absolute Gasteiger partial charge is 0.333 e. The van der Waals surface area contributed by atoms with E-state index >= 15 is 0 Å². The first-order chi connectivity index (χ1) is 13.0. The molecule has 0 atom stereocenters. The molecule has 2 aromatic rings. The quantitative estimate of drug-likeness (QED) is 0.574. The third kappa shape index (κ3) is 2.84. The van der Waals surface area contributed by atoms with E-state index in [4.69, 9.17) is 0 Å². The lowest BCUT2D eigenvalue weighted by Crippen LogP contribution is -2.53. The van der Waals surface area contributed by atoms with Crippen LogP contribution >= 0.6 is 23.1 Å². The Morgan fingerprint density at radius 1 is 0.889 bits per heavy atom. The van der Waals surface area contributed by atoms with Crippen LogP contribution in [-0.4, -0.2) is 46.8 Å². The summed E-state index contributed by atoms with van der Waals surface area (Å²) in [5.41, 5.74) is 0.658. The average Bonchev–Trinajstić information content (AvgIpc) is 3.36. The van der Waals surface area contributed by atoms with E-state index in [9.17, 15) is 14.4 Å². The predicted molar refractivity (Wildman–Crippen MR) is 105 cm³/mol. The number of amides is 4. The van der Waals surface area contributed by atoms with E-state index in [0.717, 1.165) is 20.4 Å². The van der Waals surface area contributed by atoms with Gasteiger partial charge in [0.05, 0.1) is 10.6 Å². The zero-order chi connectivity index (χ0) is 19.1. The average molecular weight is 398 g/mol. The maximum absolute atomic E-state index is 12.8. The molecular weight excluding hydrogens is 384 g/mol. The van der Waals surface area contributed by atoms with Crippen LogP contribution in [0.25, 0.3) is 0 Å². The van der Waals surface area contributed by atoms with Crippen LogP contribution < -0.4 is 5.01 Å². The molecule has 0 radical (unpaired) electrons. The molecule has 0 N–H and O–H groups in total. The van der Waals surface area contributed by atoms with Crippen LogP contribution in [0.3, 0.4) is 0 Å². The molecule has 136 valence electrons. The predicted octanol–water partition coefficient (Wildman–Crippen LogP) is 2.93. The van der Waals surface area contributed by atoms with Crippen molar-refractivity contribution in [3.05, 3.63) is 63.3 Å². The Morgan fingerprint density at radius 3 is 2.15 bits per heavy atom. The molecular formula is C18H14N4O3S2. The minimum atomic E-state index is -0.650. The summed E-state index contributed by atoms with van der Waals surface area (Å²) < 4.78 is 0. The molecule has 27 heavy (non-hydrogen) atoms. The number of anilines is 1. The summed E-state index contributed by atoms with van der Waals surface area (Å²) >= 11 is 2.77. The normalized spacial score (nSPS) is 17.9. The van der Waals surface area contributed by atoms with E-state index in [1.807, 2.05) is 47.8 Å². The zero-order valence-corrected chi connectivity index (χ0v) is 16.1. The molecule has 0 spiro atoms. The number of hydrogen-bond donors (Lipinski definition) is 0. The number of likely N-dealkylation sites (N-methyl/N-ethyl adjacent to an activating group) is 2. The lowest BCUT2D eigenvalue weighted by atomic mass is 10.1. The molecule has 7 nitrogen and oxygen atoms in total. The minimum absolute atomic E-state index is 0.0660. The number of benzene rings is 1. The van der Waals surface area contributed by atoms with Crippen LogP contribution in [0.2, 0.25) is 0 Å². The third-order valence-electron chi connectivity index (χ3n) is 4.13. The number of thiophene rings is 1. The lowest BCUT2D eigenvalue weighted by Gasteiger charge is -2.30. The lowest BCUT2D eigenvalue weighted by molar-refractivity contribution is -0.134. The monoisotopic (exact) mass is 398 g/mol. The summed E-state index contributed by atoms with van der Waals surface area (Å²) in [6, 6.07) is 12.5. The standard InChI is InChI=1S/C18H14N4O3S2/c1-20-15(23)13(16(24)21(2)18(20)25)17-22(11-7-4-3-5-8-11)19-14(27-17)12-9-6-10-26-12/h3-10H,1-2H3. The van der Waals surface area contributed by atoms with Gasteiger partial charge in [0.25, 0.3) is 11.8 Å². The molecule has 4 rings (SSSR count). The highest BCUT2D eigenvalue weighted by molar-refractivity contribution is 8.18. The van der Waals surface area contributed by atoms with Crippen molar-refractivity contribution in [1.82, 2.24) is 9.80 Å². The van der Waals surface area contributed by atoms with Gasteiger partial charge in [-0.2, -0.15) is 5.10 Å². The van der Waals surface area contributed by atoms with Gasteiger partial charge in [0.15, 0.2) is 0 Å². The number of carbonyl (C=O) groups excluding carboxylic acids is 3. The van der Waals surface area contributed by atoms with Crippen molar-refractivity contribution >= 4 is 51.7 Å². The van der Waals surface area contributed by atoms with E-state index in [-0.39, 0.29) is 5.57 Å². The maximum atomic E-state index is 12.8. The first-order valence-electron chi connectivity index (χ1n) is 7.99. The van der Waals surface area contributed by atoms with Crippen LogP contribution in [-0.2, 0) is 9.59 Å². The Hall–Kier alpha value is -2.91. The molecule has 0 aliphatic carbocycles. The summed E-state index contributed by atoms with van der Waals surface area (Å²) in [6.07, 6.45) is 0. The molecule has 2 aliphatic heterocycles. The Morgan fingerprint density at radius 2 is 1.56 bits per heavy atom. The van der Waals surface area contributed by atoms with Gasteiger partial charge in [-0.3, -0.25) is 19.4 Å². The zero-order valence-electron chi connectivity index (χ0n) is 14.4. The molecule has 1 aromatic heterocycles. The molecule has 1 fully saturated rings. The number of rotatable bonds is 2. The first kappa shape index (κ1) is 17.5. The highest BCUT2D eigenvalue weighted by Crippen LogP contribution is 2.40. The maximum Gasteiger partial charge on any atom is 0.333 e. The minimum Gasteiger partial charge on any atom is -0.268 e. The van der Waals surface area contributed by atoms with Crippen molar-refractivity contribution in [2.45, 2.75) is 0 Å². The number of hydrazone groups is 1. The summed E-state index contributed by atoms with van der Waals surface area (Å²) in [5, 5.41) is 9.25. The Bertz CT molecular complexity index is 973. The number of hydrogen-bond acceptors (Lipinski definition) is 7. The van der Waals surface area contributed by atoms with Gasteiger partial charge in [-0.1, -0.05) is 24.3 Å². The summed E-state index contributed by atoms with van der Waals surface area (Å²) in [6.45, 7) is 0. The molecule has 0 saturated carbocycles. The SMILES string of the molecule is CN1C(=O)C(=C2SC(c3cccs3)=NN2c2ccccc2)C(=O)N(C)C1=O. The third-order valence-corrected chi connectivity index (χ3v) is 6.21. The van der Waals surface area contributed by atoms with E-state index in [1.54, 1.807) is 5.01 Å². The van der Waals surface area contributed by atoms with Crippen molar-refractivity contribution in [1.29, 1.82) is 0 Å². The van der Waals surface area contributed by atoms with Gasteiger partial charge in [0.1, 0.15) is 15.6 Å². The molecule has 3 heterocycles. The Labute approximate surface area is 163 Å². The fraction of sp³-hybridized carbons (Fsp3) is 0.111. The van der Waals surface area contributed by atoms with Crippen LogP contribution in [0.5, 0.6) is 0 Å². The smallest absolute Gasteiger partial charge is 0.268 e. The topological polar surface area (TPSA) is 73.3 Å². The number of imide groups is 2. The van der Waals surface area contributed by atoms with Crippen molar-refractivity contribution in [2.75, 3.05) is 19.1 Å². The number of barbiturate groups is 1. The van der Waals surface area contributed by atoms with Crippen LogP contribution in [0.4, 0.5) is 10.5 Å². The molecule has 2 aliphatic rings. The van der Waals surface area contributed by atoms with E-state index in [2.05, 4.69) is 5.10 Å². The van der Waals surface area contributed by atoms with Crippen LogP contribution in [0.15, 0.2) is 63.5 Å². The molecule has 0 unspecified atom stereocenters. The molecule has 4 amide bonds. The number of nitrogens with zero attached hydrogens (tertiary/aromatic N) is 4. The van der Waals surface area contributed by atoms with E-state index < -0.39 is 17.8 Å². The Kier molecular flexibility index (Phi) is 4.33. The van der Waals surface area contributed by atoms with Crippen LogP contribution in [0.1, 0.15) is 4.88 Å². The fourth-order valence-electron chi connectivity index (χ4n) is 2.70. The van der Waals surface area contributed by atoms with Gasteiger partial charge in [-0.15, -0.1) is 11.3 Å². The second-order valence-corrected chi connectivity index (χ2v) is 7.75. The van der Waals surface area contributed by atoms with Crippen molar-refractivity contribution in [3.8, 4) is 0 Å². The summed E-state index contributed by atoms with van der Waals surface area (Å²) in [7, 11) is 2.73. The number of urea groups is 1. The van der Waals surface area contributed by atoms with Gasteiger partial charge in [-0.05, 0) is 35.3 Å². The number of para-hydroxylation sites is 1. The fourth-order valence-corrected chi connectivity index (χ4v) is 4.56. The van der Waals surface area contributed by atoms with Gasteiger partial charge in [-0.25, -0.2) is 9.80 Å². The van der Waals surface area contributed by atoms with Gasteiger partial charge < -0.3 is 0 Å². The molecule has 1 saturated heterocycles. The first-order valence-corrected chi connectivity index (χ1v) is 9.68. The highest BCUT2D eigenvalue weighted by atomic mass is 32.2. The van der Waals surface area contributed by atoms with Crippen LogP contribution in [0, 0.1) is 0 Å².